The Balaban J connectivity index is 0. The molecular weight excluding hydrogens is 209 g/mol. The molecule has 0 rings (SSSR count). The third kappa shape index (κ3) is 44.7. The van der Waals surface area contributed by atoms with Crippen LogP contribution in [-0.2, 0) is 0 Å². The van der Waals surface area contributed by atoms with Gasteiger partial charge in [0.1, 0.15) is 0 Å². The standard InChI is InChI=1S/Na.4H2O.Sb/h;4*1H2;/q+1;;;;;+3/p-4. The second-order valence-corrected chi connectivity index (χ2v) is 0. The van der Waals surface area contributed by atoms with Gasteiger partial charge in [0.15, 0.2) is 0 Å². The zero-order valence-electron chi connectivity index (χ0n) is 3.24. The van der Waals surface area contributed by atoms with Gasteiger partial charge in [-0.3, -0.25) is 0 Å². The fourth-order valence-corrected chi connectivity index (χ4v) is 0. The molecule has 0 atom stereocenters. The first kappa shape index (κ1) is 123. The van der Waals surface area contributed by atoms with Crippen molar-refractivity contribution in [2.45, 2.75) is 0 Å². The van der Waals surface area contributed by atoms with Crippen LogP contribution in [0.2, 0.25) is 0 Å². The van der Waals surface area contributed by atoms with Crippen LogP contribution in [0.1, 0.15) is 0 Å². The second-order valence-electron chi connectivity index (χ2n) is 0. The van der Waals surface area contributed by atoms with Crippen LogP contribution in [0.15, 0.2) is 0 Å². The van der Waals surface area contributed by atoms with E-state index in [2.05, 4.69) is 0 Å². The fourth-order valence-electron chi connectivity index (χ4n) is 0. The molecule has 0 aromatic rings. The molecule has 0 amide bonds. The second kappa shape index (κ2) is 77.5. The maximum absolute atomic E-state index is 0. The molecule has 0 fully saturated rings. The number of hydrogen-bond acceptors (Lipinski definition) is 4. The Morgan fingerprint density at radius 2 is 0.500 bits per heavy atom. The molecule has 2 radical (unpaired) electrons. The molecule has 0 saturated carbocycles. The van der Waals surface area contributed by atoms with E-state index in [0.29, 0.717) is 0 Å². The predicted octanol–water partition coefficient (Wildman–Crippen LogP) is -4.08. The topological polar surface area (TPSA) is 120 Å². The molecule has 0 spiro atoms. The summed E-state index contributed by atoms with van der Waals surface area (Å²) in [5, 5.41) is 0. The quantitative estimate of drug-likeness (QED) is 0.379. The van der Waals surface area contributed by atoms with Gasteiger partial charge in [0.05, 0.1) is 0 Å². The van der Waals surface area contributed by atoms with Gasteiger partial charge in [-0.1, -0.05) is 0 Å². The average Bonchev–Trinajstić information content (AvgIpc) is 0. The van der Waals surface area contributed by atoms with Crippen molar-refractivity contribution in [3.05, 3.63) is 0 Å². The summed E-state index contributed by atoms with van der Waals surface area (Å²) in [5.41, 5.74) is 0. The molecule has 0 aliphatic carbocycles. The van der Waals surface area contributed by atoms with Crippen molar-refractivity contribution in [3.8, 4) is 0 Å². The van der Waals surface area contributed by atoms with Crippen LogP contribution in [0.4, 0.5) is 0 Å². The van der Waals surface area contributed by atoms with Gasteiger partial charge in [-0.15, -0.1) is 0 Å². The summed E-state index contributed by atoms with van der Waals surface area (Å²) in [7, 11) is 0. The van der Waals surface area contributed by atoms with E-state index in [1.807, 2.05) is 0 Å². The van der Waals surface area contributed by atoms with Crippen LogP contribution in [-0.4, -0.2) is 46.3 Å². The minimum atomic E-state index is 0. The largest absolute Gasteiger partial charge is 3.00 e. The maximum atomic E-state index is 0. The summed E-state index contributed by atoms with van der Waals surface area (Å²) < 4.78 is 0. The molecule has 0 aromatic carbocycles. The Morgan fingerprint density at radius 3 is 0.500 bits per heavy atom. The molecule has 0 aromatic heterocycles. The molecule has 4 nitrogen and oxygen atoms in total. The molecule has 0 heterocycles. The van der Waals surface area contributed by atoms with Gasteiger partial charge >= 0.3 is 54.0 Å². The summed E-state index contributed by atoms with van der Waals surface area (Å²) in [6.45, 7) is 0. The molecule has 0 aliphatic rings. The third-order valence-electron chi connectivity index (χ3n) is 0. The van der Waals surface area contributed by atoms with Crippen LogP contribution >= 0.6 is 0 Å². The van der Waals surface area contributed by atoms with Crippen molar-refractivity contribution >= 4 is 24.4 Å². The van der Waals surface area contributed by atoms with Crippen molar-refractivity contribution in [2.75, 3.05) is 0 Å². The molecule has 4 N–H and O–H groups in total. The van der Waals surface area contributed by atoms with E-state index in [1.165, 1.54) is 0 Å². The van der Waals surface area contributed by atoms with Crippen molar-refractivity contribution < 1.29 is 51.5 Å². The van der Waals surface area contributed by atoms with E-state index in [0.717, 1.165) is 0 Å². The van der Waals surface area contributed by atoms with E-state index in [9.17, 15) is 0 Å². The van der Waals surface area contributed by atoms with Crippen molar-refractivity contribution in [2.24, 2.45) is 0 Å². The Bertz CT molecular complexity index is 7.51. The minimum absolute atomic E-state index is 0. The fraction of sp³-hybridized carbons (Fsp3) is 0. The van der Waals surface area contributed by atoms with E-state index in [1.54, 1.807) is 0 Å². The molecule has 0 unspecified atom stereocenters. The molecule has 34 valence electrons. The van der Waals surface area contributed by atoms with Crippen LogP contribution in [0.3, 0.4) is 0 Å². The normalized spacial score (nSPS) is 0. The summed E-state index contributed by atoms with van der Waals surface area (Å²) in [6, 6.07) is 0. The Hall–Kier alpha value is 1.66. The van der Waals surface area contributed by atoms with E-state index < -0.39 is 0 Å². The molecule has 6 heavy (non-hydrogen) atoms. The monoisotopic (exact) mass is 212 g/mol. The van der Waals surface area contributed by atoms with Crippen LogP contribution < -0.4 is 29.6 Å². The van der Waals surface area contributed by atoms with E-state index >= 15 is 0 Å². The first-order chi connectivity index (χ1) is 0. The van der Waals surface area contributed by atoms with Crippen LogP contribution in [0, 0.1) is 0 Å². The summed E-state index contributed by atoms with van der Waals surface area (Å²) in [5.74, 6) is 0. The van der Waals surface area contributed by atoms with E-state index in [4.69, 9.17) is 0 Å². The number of rotatable bonds is 0. The van der Waals surface area contributed by atoms with Gasteiger partial charge in [-0.05, 0) is 0 Å². The molecule has 0 saturated heterocycles. The summed E-state index contributed by atoms with van der Waals surface area (Å²) in [6.07, 6.45) is 0. The number of hydrogen-bond donors (Lipinski definition) is 0. The SMILES string of the molecule is [Na+].[OH-].[OH-].[OH-].[OH-].[Sb+3]. The first-order valence-corrected chi connectivity index (χ1v) is 0. The van der Waals surface area contributed by atoms with E-state index in [-0.39, 0.29) is 75.9 Å². The van der Waals surface area contributed by atoms with Gasteiger partial charge in [-0.2, -0.15) is 0 Å². The molecule has 0 bridgehead atoms. The summed E-state index contributed by atoms with van der Waals surface area (Å²) in [4.78, 5) is 0. The zero-order chi connectivity index (χ0) is 0. The zero-order valence-corrected chi connectivity index (χ0v) is 7.79. The van der Waals surface area contributed by atoms with Crippen LogP contribution in [0.25, 0.3) is 0 Å². The van der Waals surface area contributed by atoms with Gasteiger partial charge in [-0.25, -0.2) is 0 Å². The molecule has 6 heteroatoms. The smallest absolute Gasteiger partial charge is 0.870 e. The van der Waals surface area contributed by atoms with Gasteiger partial charge in [0.2, 0.25) is 0 Å². The van der Waals surface area contributed by atoms with Gasteiger partial charge < -0.3 is 21.9 Å². The molecular formula is H4NaO4Sb. The minimum Gasteiger partial charge on any atom is -0.870 e. The molecule has 0 aliphatic heterocycles. The summed E-state index contributed by atoms with van der Waals surface area (Å²) >= 11 is 0. The maximum Gasteiger partial charge on any atom is 3.00 e. The predicted molar refractivity (Wildman–Crippen MR) is 13.5 cm³/mol. The van der Waals surface area contributed by atoms with Crippen molar-refractivity contribution in [3.63, 3.8) is 0 Å². The van der Waals surface area contributed by atoms with Gasteiger partial charge in [0, 0.05) is 0 Å². The first-order valence-electron chi connectivity index (χ1n) is 0. The Morgan fingerprint density at radius 1 is 0.500 bits per heavy atom. The Labute approximate surface area is 75.3 Å². The Kier molecular flexibility index (Phi) is 1600. The van der Waals surface area contributed by atoms with Gasteiger partial charge in [0.25, 0.3) is 0 Å². The third-order valence-corrected chi connectivity index (χ3v) is 0. The van der Waals surface area contributed by atoms with Crippen molar-refractivity contribution in [1.29, 1.82) is 0 Å². The van der Waals surface area contributed by atoms with Crippen LogP contribution in [0.5, 0.6) is 0 Å². The van der Waals surface area contributed by atoms with Crippen molar-refractivity contribution in [1.82, 2.24) is 0 Å². The average molecular weight is 213 g/mol.